The van der Waals surface area contributed by atoms with Gasteiger partial charge >= 0.3 is 0 Å². The van der Waals surface area contributed by atoms with Gasteiger partial charge in [0.05, 0.1) is 23.8 Å². The molecule has 0 bridgehead atoms. The van der Waals surface area contributed by atoms with E-state index in [4.69, 9.17) is 0 Å². The average molecular weight is 242 g/mol. The molecule has 2 aromatic heterocycles. The minimum atomic E-state index is -0.245. The molecule has 2 aromatic rings. The second-order valence-electron chi connectivity index (χ2n) is 3.89. The maximum Gasteiger partial charge on any atom is 0.274 e. The van der Waals surface area contributed by atoms with Gasteiger partial charge in [0.25, 0.3) is 5.91 Å². The number of anilines is 2. The molecule has 0 aliphatic carbocycles. The molecular weight excluding hydrogens is 228 g/mol. The Bertz CT molecular complexity index is 551. The van der Waals surface area contributed by atoms with Crippen molar-refractivity contribution in [1.82, 2.24) is 9.97 Å². The Hall–Kier alpha value is -2.43. The van der Waals surface area contributed by atoms with Crippen LogP contribution in [0, 0.1) is 6.92 Å². The molecule has 0 atom stereocenters. The normalized spacial score (nSPS) is 9.89. The summed E-state index contributed by atoms with van der Waals surface area (Å²) in [5.41, 5.74) is 2.89. The Labute approximate surface area is 105 Å². The van der Waals surface area contributed by atoms with E-state index in [2.05, 4.69) is 20.6 Å². The minimum Gasteiger partial charge on any atom is -0.387 e. The Morgan fingerprint density at radius 3 is 2.61 bits per heavy atom. The van der Waals surface area contributed by atoms with E-state index >= 15 is 0 Å². The highest BCUT2D eigenvalue weighted by Gasteiger charge is 2.07. The van der Waals surface area contributed by atoms with Crippen molar-refractivity contribution in [2.24, 2.45) is 0 Å². The largest absolute Gasteiger partial charge is 0.387 e. The van der Waals surface area contributed by atoms with Gasteiger partial charge in [-0.3, -0.25) is 9.78 Å². The standard InChI is InChI=1S/C13H14N4O/c1-9-5-11(7-15-6-9)17-13(18)12-4-3-10(14-2)8-16-12/h3-8,14H,1-2H3,(H,17,18). The van der Waals surface area contributed by atoms with Gasteiger partial charge in [0.15, 0.2) is 0 Å². The van der Waals surface area contributed by atoms with Gasteiger partial charge < -0.3 is 10.6 Å². The molecule has 0 saturated carbocycles. The summed E-state index contributed by atoms with van der Waals surface area (Å²) in [7, 11) is 1.80. The highest BCUT2D eigenvalue weighted by Crippen LogP contribution is 2.10. The van der Waals surface area contributed by atoms with Crippen LogP contribution in [0.5, 0.6) is 0 Å². The molecule has 5 heteroatoms. The number of aromatic nitrogens is 2. The molecule has 0 aromatic carbocycles. The molecule has 0 saturated heterocycles. The number of carbonyl (C=O) groups excluding carboxylic acids is 1. The summed E-state index contributed by atoms with van der Waals surface area (Å²) in [6, 6.07) is 5.33. The van der Waals surface area contributed by atoms with Crippen molar-refractivity contribution in [2.75, 3.05) is 17.7 Å². The van der Waals surface area contributed by atoms with Crippen LogP contribution in [0.25, 0.3) is 0 Å². The van der Waals surface area contributed by atoms with Crippen LogP contribution in [0.1, 0.15) is 16.1 Å². The minimum absolute atomic E-state index is 0.245. The number of nitrogens with one attached hydrogen (secondary N) is 2. The second kappa shape index (κ2) is 5.27. The van der Waals surface area contributed by atoms with E-state index in [1.165, 1.54) is 0 Å². The van der Waals surface area contributed by atoms with Gasteiger partial charge in [0, 0.05) is 13.2 Å². The summed E-state index contributed by atoms with van der Waals surface area (Å²) in [5.74, 6) is -0.245. The molecule has 2 N–H and O–H groups in total. The summed E-state index contributed by atoms with van der Waals surface area (Å²) < 4.78 is 0. The molecule has 2 heterocycles. The number of hydrogen-bond donors (Lipinski definition) is 2. The third-order valence-electron chi connectivity index (χ3n) is 2.42. The summed E-state index contributed by atoms with van der Waals surface area (Å²) in [4.78, 5) is 20.0. The third-order valence-corrected chi connectivity index (χ3v) is 2.42. The van der Waals surface area contributed by atoms with Crippen LogP contribution in [0.2, 0.25) is 0 Å². The van der Waals surface area contributed by atoms with Crippen molar-refractivity contribution in [1.29, 1.82) is 0 Å². The van der Waals surface area contributed by atoms with Gasteiger partial charge in [-0.1, -0.05) is 0 Å². The zero-order valence-corrected chi connectivity index (χ0v) is 10.3. The van der Waals surface area contributed by atoms with Crippen molar-refractivity contribution in [2.45, 2.75) is 6.92 Å². The van der Waals surface area contributed by atoms with E-state index in [9.17, 15) is 4.79 Å². The highest BCUT2D eigenvalue weighted by molar-refractivity contribution is 6.02. The van der Waals surface area contributed by atoms with E-state index < -0.39 is 0 Å². The molecular formula is C13H14N4O. The number of nitrogens with zero attached hydrogens (tertiary/aromatic N) is 2. The van der Waals surface area contributed by atoms with Crippen LogP contribution in [0.4, 0.5) is 11.4 Å². The predicted octanol–water partition coefficient (Wildman–Crippen LogP) is 2.08. The van der Waals surface area contributed by atoms with Gasteiger partial charge in [0.1, 0.15) is 5.69 Å². The smallest absolute Gasteiger partial charge is 0.274 e. The van der Waals surface area contributed by atoms with Crippen molar-refractivity contribution in [3.05, 3.63) is 48.0 Å². The number of amides is 1. The zero-order chi connectivity index (χ0) is 13.0. The van der Waals surface area contributed by atoms with Gasteiger partial charge in [-0.2, -0.15) is 0 Å². The fourth-order valence-electron chi connectivity index (χ4n) is 1.49. The van der Waals surface area contributed by atoms with Gasteiger partial charge in [-0.25, -0.2) is 4.98 Å². The van der Waals surface area contributed by atoms with Crippen molar-refractivity contribution in [3.8, 4) is 0 Å². The van der Waals surface area contributed by atoms with Crippen LogP contribution in [0.15, 0.2) is 36.8 Å². The predicted molar refractivity (Wildman–Crippen MR) is 70.7 cm³/mol. The molecule has 0 spiro atoms. The lowest BCUT2D eigenvalue weighted by Crippen LogP contribution is -2.13. The molecule has 0 fully saturated rings. The van der Waals surface area contributed by atoms with E-state index in [1.54, 1.807) is 37.8 Å². The summed E-state index contributed by atoms with van der Waals surface area (Å²) >= 11 is 0. The number of aryl methyl sites for hydroxylation is 1. The van der Waals surface area contributed by atoms with Crippen LogP contribution in [0.3, 0.4) is 0 Å². The first-order chi connectivity index (χ1) is 8.69. The van der Waals surface area contributed by atoms with Crippen LogP contribution in [-0.2, 0) is 0 Å². The molecule has 0 unspecified atom stereocenters. The Kier molecular flexibility index (Phi) is 3.52. The van der Waals surface area contributed by atoms with E-state index in [0.717, 1.165) is 11.3 Å². The molecule has 92 valence electrons. The van der Waals surface area contributed by atoms with Crippen LogP contribution in [-0.4, -0.2) is 22.9 Å². The Morgan fingerprint density at radius 2 is 2.00 bits per heavy atom. The number of pyridine rings is 2. The highest BCUT2D eigenvalue weighted by atomic mass is 16.1. The molecule has 0 radical (unpaired) electrons. The van der Waals surface area contributed by atoms with Crippen LogP contribution < -0.4 is 10.6 Å². The summed E-state index contributed by atoms with van der Waals surface area (Å²) in [5, 5.41) is 5.70. The Morgan fingerprint density at radius 1 is 1.17 bits per heavy atom. The number of rotatable bonds is 3. The van der Waals surface area contributed by atoms with Gasteiger partial charge in [-0.15, -0.1) is 0 Å². The molecule has 5 nitrogen and oxygen atoms in total. The lowest BCUT2D eigenvalue weighted by atomic mass is 10.2. The first-order valence-electron chi connectivity index (χ1n) is 5.56. The van der Waals surface area contributed by atoms with Crippen LogP contribution >= 0.6 is 0 Å². The topological polar surface area (TPSA) is 66.9 Å². The average Bonchev–Trinajstić information content (AvgIpc) is 2.39. The van der Waals surface area contributed by atoms with Crippen molar-refractivity contribution in [3.63, 3.8) is 0 Å². The first kappa shape index (κ1) is 12.0. The maximum absolute atomic E-state index is 11.9. The Balaban J connectivity index is 2.11. The first-order valence-corrected chi connectivity index (χ1v) is 5.56. The molecule has 1 amide bonds. The van der Waals surface area contributed by atoms with Crippen molar-refractivity contribution >= 4 is 17.3 Å². The molecule has 0 aliphatic rings. The summed E-state index contributed by atoms with van der Waals surface area (Å²) in [6.45, 7) is 1.92. The fourth-order valence-corrected chi connectivity index (χ4v) is 1.49. The summed E-state index contributed by atoms with van der Waals surface area (Å²) in [6.07, 6.45) is 4.95. The van der Waals surface area contributed by atoms with Gasteiger partial charge in [-0.05, 0) is 30.7 Å². The lowest BCUT2D eigenvalue weighted by Gasteiger charge is -2.05. The van der Waals surface area contributed by atoms with E-state index in [1.807, 2.05) is 13.0 Å². The monoisotopic (exact) mass is 242 g/mol. The third kappa shape index (κ3) is 2.82. The van der Waals surface area contributed by atoms with Crippen molar-refractivity contribution < 1.29 is 4.79 Å². The second-order valence-corrected chi connectivity index (χ2v) is 3.89. The van der Waals surface area contributed by atoms with E-state index in [0.29, 0.717) is 11.4 Å². The fraction of sp³-hybridized carbons (Fsp3) is 0.154. The number of hydrogen-bond acceptors (Lipinski definition) is 4. The quantitative estimate of drug-likeness (QED) is 0.864. The lowest BCUT2D eigenvalue weighted by molar-refractivity contribution is 0.102. The van der Waals surface area contributed by atoms with E-state index in [-0.39, 0.29) is 5.91 Å². The zero-order valence-electron chi connectivity index (χ0n) is 10.3. The SMILES string of the molecule is CNc1ccc(C(=O)Nc2cncc(C)c2)nc1. The van der Waals surface area contributed by atoms with Gasteiger partial charge in [0.2, 0.25) is 0 Å². The molecule has 18 heavy (non-hydrogen) atoms. The molecule has 2 rings (SSSR count). The number of carbonyl (C=O) groups is 1. The maximum atomic E-state index is 11.9. The molecule has 0 aliphatic heterocycles.